The lowest BCUT2D eigenvalue weighted by Gasteiger charge is -2.28. The van der Waals surface area contributed by atoms with E-state index in [1.165, 1.54) is 56.4 Å². The van der Waals surface area contributed by atoms with Crippen molar-refractivity contribution in [3.8, 4) is 0 Å². The van der Waals surface area contributed by atoms with Gasteiger partial charge < -0.3 is 10.2 Å². The highest BCUT2D eigenvalue weighted by Gasteiger charge is 2.35. The third kappa shape index (κ3) is 3.37. The smallest absolute Gasteiger partial charge is 0.0413 e. The van der Waals surface area contributed by atoms with Crippen LogP contribution in [0.2, 0.25) is 5.02 Å². The van der Waals surface area contributed by atoms with E-state index in [0.29, 0.717) is 5.41 Å². The maximum Gasteiger partial charge on any atom is 0.0413 e. The first-order valence-corrected chi connectivity index (χ1v) is 8.80. The first kappa shape index (κ1) is 15.2. The quantitative estimate of drug-likeness (QED) is 0.825. The molecule has 2 fully saturated rings. The molecule has 0 atom stereocenters. The molecule has 0 spiro atoms. The number of halogens is 1. The molecule has 0 aromatic heterocycles. The van der Waals surface area contributed by atoms with Crippen molar-refractivity contribution in [2.75, 3.05) is 18.0 Å². The number of benzene rings is 1. The SMILES string of the molecule is CCC1(CC)CCN(c2ccc(Cl)cc2CNC2CC2)C1. The molecule has 1 N–H and O–H groups in total. The topological polar surface area (TPSA) is 15.3 Å². The van der Waals surface area contributed by atoms with Crippen molar-refractivity contribution >= 4 is 17.3 Å². The van der Waals surface area contributed by atoms with Gasteiger partial charge in [0.2, 0.25) is 0 Å². The third-order valence-electron chi connectivity index (χ3n) is 5.48. The molecule has 3 heteroatoms. The van der Waals surface area contributed by atoms with Gasteiger partial charge in [0.15, 0.2) is 0 Å². The Hall–Kier alpha value is -0.730. The van der Waals surface area contributed by atoms with Gasteiger partial charge in [0.1, 0.15) is 0 Å². The molecule has 0 radical (unpaired) electrons. The van der Waals surface area contributed by atoms with Crippen LogP contribution in [0, 0.1) is 5.41 Å². The highest BCUT2D eigenvalue weighted by Crippen LogP contribution is 2.40. The highest BCUT2D eigenvalue weighted by molar-refractivity contribution is 6.30. The zero-order valence-electron chi connectivity index (χ0n) is 13.3. The maximum atomic E-state index is 6.22. The zero-order chi connectivity index (χ0) is 14.9. The van der Waals surface area contributed by atoms with Gasteiger partial charge in [-0.05, 0) is 61.3 Å². The summed E-state index contributed by atoms with van der Waals surface area (Å²) in [6.45, 7) is 7.99. The van der Waals surface area contributed by atoms with E-state index in [0.717, 1.165) is 17.6 Å². The van der Waals surface area contributed by atoms with E-state index in [1.807, 2.05) is 6.07 Å². The van der Waals surface area contributed by atoms with E-state index in [-0.39, 0.29) is 0 Å². The van der Waals surface area contributed by atoms with Crippen molar-refractivity contribution < 1.29 is 0 Å². The second kappa shape index (κ2) is 6.18. The number of nitrogens with zero attached hydrogens (tertiary/aromatic N) is 1. The minimum atomic E-state index is 0.515. The molecule has 0 amide bonds. The molecule has 1 saturated heterocycles. The van der Waals surface area contributed by atoms with Crippen molar-refractivity contribution in [3.05, 3.63) is 28.8 Å². The Kier molecular flexibility index (Phi) is 4.46. The van der Waals surface area contributed by atoms with Crippen LogP contribution in [-0.2, 0) is 6.54 Å². The Labute approximate surface area is 133 Å². The van der Waals surface area contributed by atoms with Gasteiger partial charge in [-0.1, -0.05) is 25.4 Å². The molecule has 2 aliphatic rings. The van der Waals surface area contributed by atoms with Crippen molar-refractivity contribution in [1.29, 1.82) is 0 Å². The molecule has 0 unspecified atom stereocenters. The Bertz CT molecular complexity index is 492. The van der Waals surface area contributed by atoms with Gasteiger partial charge >= 0.3 is 0 Å². The number of rotatable bonds is 6. The molecule has 116 valence electrons. The van der Waals surface area contributed by atoms with Crippen LogP contribution >= 0.6 is 11.6 Å². The van der Waals surface area contributed by atoms with Gasteiger partial charge in [0.25, 0.3) is 0 Å². The van der Waals surface area contributed by atoms with Crippen molar-refractivity contribution in [1.82, 2.24) is 5.32 Å². The molecular weight excluding hydrogens is 280 g/mol. The molecule has 21 heavy (non-hydrogen) atoms. The van der Waals surface area contributed by atoms with Crippen LogP contribution < -0.4 is 10.2 Å². The van der Waals surface area contributed by atoms with Crippen LogP contribution in [0.3, 0.4) is 0 Å². The van der Waals surface area contributed by atoms with Gasteiger partial charge in [-0.3, -0.25) is 0 Å². The normalized spacial score (nSPS) is 21.0. The molecule has 1 saturated carbocycles. The number of anilines is 1. The van der Waals surface area contributed by atoms with Gasteiger partial charge in [0.05, 0.1) is 0 Å². The molecule has 1 heterocycles. The van der Waals surface area contributed by atoms with E-state index in [4.69, 9.17) is 11.6 Å². The molecule has 1 aliphatic heterocycles. The lowest BCUT2D eigenvalue weighted by molar-refractivity contribution is 0.301. The molecule has 3 rings (SSSR count). The minimum Gasteiger partial charge on any atom is -0.371 e. The summed E-state index contributed by atoms with van der Waals surface area (Å²) in [6.07, 6.45) is 6.54. The Balaban J connectivity index is 1.77. The fourth-order valence-electron chi connectivity index (χ4n) is 3.51. The summed E-state index contributed by atoms with van der Waals surface area (Å²) in [7, 11) is 0. The summed E-state index contributed by atoms with van der Waals surface area (Å²) < 4.78 is 0. The maximum absolute atomic E-state index is 6.22. The molecule has 1 aromatic rings. The van der Waals surface area contributed by atoms with Crippen LogP contribution in [0.15, 0.2) is 18.2 Å². The largest absolute Gasteiger partial charge is 0.371 e. The first-order chi connectivity index (χ1) is 10.2. The average molecular weight is 307 g/mol. The van der Waals surface area contributed by atoms with Crippen LogP contribution in [-0.4, -0.2) is 19.1 Å². The van der Waals surface area contributed by atoms with E-state index in [1.54, 1.807) is 0 Å². The van der Waals surface area contributed by atoms with Crippen molar-refractivity contribution in [3.63, 3.8) is 0 Å². The monoisotopic (exact) mass is 306 g/mol. The molecule has 2 nitrogen and oxygen atoms in total. The van der Waals surface area contributed by atoms with E-state index in [2.05, 4.69) is 36.2 Å². The van der Waals surface area contributed by atoms with Crippen LogP contribution in [0.4, 0.5) is 5.69 Å². The van der Waals surface area contributed by atoms with Gasteiger partial charge in [-0.25, -0.2) is 0 Å². The van der Waals surface area contributed by atoms with Crippen molar-refractivity contribution in [2.45, 2.75) is 58.5 Å². The standard InChI is InChI=1S/C18H27ClN2/c1-3-18(4-2)9-10-21(13-18)17-8-5-15(19)11-14(17)12-20-16-6-7-16/h5,8,11,16,20H,3-4,6-7,9-10,12-13H2,1-2H3. The van der Waals surface area contributed by atoms with Crippen LogP contribution in [0.5, 0.6) is 0 Å². The Morgan fingerprint density at radius 1 is 1.29 bits per heavy atom. The van der Waals surface area contributed by atoms with Crippen LogP contribution in [0.25, 0.3) is 0 Å². The third-order valence-corrected chi connectivity index (χ3v) is 5.71. The molecule has 1 aliphatic carbocycles. The fourth-order valence-corrected chi connectivity index (χ4v) is 3.71. The Morgan fingerprint density at radius 3 is 2.67 bits per heavy atom. The Morgan fingerprint density at radius 2 is 2.05 bits per heavy atom. The summed E-state index contributed by atoms with van der Waals surface area (Å²) in [5.41, 5.74) is 3.26. The summed E-state index contributed by atoms with van der Waals surface area (Å²) in [6, 6.07) is 7.13. The summed E-state index contributed by atoms with van der Waals surface area (Å²) in [5, 5.41) is 4.48. The van der Waals surface area contributed by atoms with Crippen LogP contribution in [0.1, 0.15) is 51.5 Å². The second-order valence-electron chi connectivity index (χ2n) is 6.81. The molecule has 0 bridgehead atoms. The van der Waals surface area contributed by atoms with E-state index in [9.17, 15) is 0 Å². The summed E-state index contributed by atoms with van der Waals surface area (Å²) in [4.78, 5) is 2.58. The minimum absolute atomic E-state index is 0.515. The highest BCUT2D eigenvalue weighted by atomic mass is 35.5. The molecular formula is C18H27ClN2. The van der Waals surface area contributed by atoms with E-state index < -0.39 is 0 Å². The second-order valence-corrected chi connectivity index (χ2v) is 7.24. The lowest BCUT2D eigenvalue weighted by Crippen LogP contribution is -2.27. The van der Waals surface area contributed by atoms with Crippen molar-refractivity contribution in [2.24, 2.45) is 5.41 Å². The number of hydrogen-bond donors (Lipinski definition) is 1. The fraction of sp³-hybridized carbons (Fsp3) is 0.667. The van der Waals surface area contributed by atoms with Gasteiger partial charge in [-0.15, -0.1) is 0 Å². The van der Waals surface area contributed by atoms with Gasteiger partial charge in [0, 0.05) is 36.4 Å². The van der Waals surface area contributed by atoms with E-state index >= 15 is 0 Å². The van der Waals surface area contributed by atoms with Gasteiger partial charge in [-0.2, -0.15) is 0 Å². The predicted molar refractivity (Wildman–Crippen MR) is 91.2 cm³/mol. The summed E-state index contributed by atoms with van der Waals surface area (Å²) >= 11 is 6.22. The summed E-state index contributed by atoms with van der Waals surface area (Å²) in [5.74, 6) is 0. The lowest BCUT2D eigenvalue weighted by atomic mass is 9.82. The first-order valence-electron chi connectivity index (χ1n) is 8.42. The zero-order valence-corrected chi connectivity index (χ0v) is 14.0. The number of hydrogen-bond acceptors (Lipinski definition) is 2. The predicted octanol–water partition coefficient (Wildman–Crippen LogP) is 4.61. The molecule has 1 aromatic carbocycles. The average Bonchev–Trinajstić information content (AvgIpc) is 3.23. The number of nitrogens with one attached hydrogen (secondary N) is 1.